The molecule has 0 atom stereocenters. The number of fused-ring (bicyclic) bond motifs is 1. The average molecular weight is 436 g/mol. The Labute approximate surface area is 176 Å². The van der Waals surface area contributed by atoms with Crippen LogP contribution in [0.3, 0.4) is 0 Å². The molecule has 0 radical (unpaired) electrons. The number of aliphatic carboxylic acids is 1. The van der Waals surface area contributed by atoms with E-state index in [1.165, 1.54) is 12.3 Å². The van der Waals surface area contributed by atoms with Crippen LogP contribution in [-0.4, -0.2) is 64.7 Å². The van der Waals surface area contributed by atoms with Crippen molar-refractivity contribution in [2.24, 2.45) is 5.73 Å². The van der Waals surface area contributed by atoms with Gasteiger partial charge in [0.1, 0.15) is 0 Å². The Morgan fingerprint density at radius 1 is 1.29 bits per heavy atom. The van der Waals surface area contributed by atoms with E-state index in [9.17, 15) is 23.2 Å². The first-order chi connectivity index (χ1) is 14.7. The number of carbonyl (C=O) groups is 4. The van der Waals surface area contributed by atoms with Crippen molar-refractivity contribution in [3.8, 4) is 0 Å². The molecule has 166 valence electrons. The van der Waals surface area contributed by atoms with Gasteiger partial charge >= 0.3 is 5.97 Å². The molecule has 0 unspecified atom stereocenters. The molecule has 31 heavy (non-hydrogen) atoms. The van der Waals surface area contributed by atoms with Crippen LogP contribution in [0.1, 0.15) is 28.8 Å². The molecule has 1 fully saturated rings. The van der Waals surface area contributed by atoms with Crippen LogP contribution in [0.25, 0.3) is 10.9 Å². The van der Waals surface area contributed by atoms with Crippen LogP contribution < -0.4 is 11.1 Å². The summed E-state index contributed by atoms with van der Waals surface area (Å²) in [6, 6.07) is 6.63. The Kier molecular flexibility index (Phi) is 7.94. The maximum Gasteiger partial charge on any atom is 0.303 e. The van der Waals surface area contributed by atoms with Crippen molar-refractivity contribution >= 4 is 35.1 Å². The zero-order valence-electron chi connectivity index (χ0n) is 16.5. The molecular weight excluding hydrogens is 414 g/mol. The number of primary amides is 1. The van der Waals surface area contributed by atoms with E-state index >= 15 is 0 Å². The normalized spacial score (nSPS) is 14.5. The fourth-order valence-corrected chi connectivity index (χ4v) is 3.11. The molecule has 2 aromatic rings. The first-order valence-electron chi connectivity index (χ1n) is 9.35. The summed E-state index contributed by atoms with van der Waals surface area (Å²) in [7, 11) is 0. The summed E-state index contributed by atoms with van der Waals surface area (Å²) < 4.78 is 26.4. The summed E-state index contributed by atoms with van der Waals surface area (Å²) in [6.07, 6.45) is 1.60. The molecule has 3 amide bonds. The van der Waals surface area contributed by atoms with Crippen molar-refractivity contribution in [3.63, 3.8) is 0 Å². The van der Waals surface area contributed by atoms with Gasteiger partial charge in [-0.25, -0.2) is 8.78 Å². The number of nitrogens with two attached hydrogens (primary N) is 1. The van der Waals surface area contributed by atoms with Crippen LogP contribution in [-0.2, 0) is 20.8 Å². The van der Waals surface area contributed by atoms with Gasteiger partial charge in [0.15, 0.2) is 0 Å². The Morgan fingerprint density at radius 2 is 2.00 bits per heavy atom. The molecule has 4 N–H and O–H groups in total. The Bertz CT molecular complexity index is 983. The van der Waals surface area contributed by atoms with Crippen LogP contribution in [0.5, 0.6) is 0 Å². The van der Waals surface area contributed by atoms with E-state index in [0.717, 1.165) is 10.5 Å². The van der Waals surface area contributed by atoms with Gasteiger partial charge in [0.05, 0.1) is 24.2 Å². The molecule has 0 bridgehead atoms. The predicted molar refractivity (Wildman–Crippen MR) is 106 cm³/mol. The number of carboxylic acid groups (broad SMARTS) is 1. The maximum atomic E-state index is 13.2. The van der Waals surface area contributed by atoms with Gasteiger partial charge in [-0.05, 0) is 30.2 Å². The molecule has 3 rings (SSSR count). The SMILES string of the molecule is NC=O.O=C(O)CCc1ccc2nccc(C(=O)NCC(=O)N3CCC(F)(F)C3)c2c1. The molecule has 1 aromatic heterocycles. The Morgan fingerprint density at radius 3 is 2.61 bits per heavy atom. The second-order valence-corrected chi connectivity index (χ2v) is 6.84. The molecule has 1 aromatic carbocycles. The summed E-state index contributed by atoms with van der Waals surface area (Å²) in [5.74, 6) is -4.89. The predicted octanol–water partition coefficient (Wildman–Crippen LogP) is 0.951. The average Bonchev–Trinajstić information content (AvgIpc) is 3.10. The lowest BCUT2D eigenvalue weighted by Crippen LogP contribution is -2.40. The number of amides is 3. The molecule has 1 aliphatic heterocycles. The van der Waals surface area contributed by atoms with Crippen molar-refractivity contribution in [3.05, 3.63) is 41.6 Å². The van der Waals surface area contributed by atoms with Crippen LogP contribution >= 0.6 is 0 Å². The Hall–Kier alpha value is -3.63. The largest absolute Gasteiger partial charge is 0.481 e. The number of nitrogens with zero attached hydrogens (tertiary/aromatic N) is 2. The van der Waals surface area contributed by atoms with Crippen molar-refractivity contribution in [1.82, 2.24) is 15.2 Å². The quantitative estimate of drug-likeness (QED) is 0.576. The lowest BCUT2D eigenvalue weighted by Gasteiger charge is -2.16. The Balaban J connectivity index is 0.00000107. The molecule has 2 heterocycles. The van der Waals surface area contributed by atoms with Gasteiger partial charge in [0, 0.05) is 31.0 Å². The van der Waals surface area contributed by atoms with E-state index in [4.69, 9.17) is 9.90 Å². The van der Waals surface area contributed by atoms with Gasteiger partial charge in [0.25, 0.3) is 11.8 Å². The van der Waals surface area contributed by atoms with E-state index in [1.807, 2.05) is 0 Å². The fourth-order valence-electron chi connectivity index (χ4n) is 3.11. The molecule has 1 aliphatic rings. The van der Waals surface area contributed by atoms with Crippen molar-refractivity contribution in [2.75, 3.05) is 19.6 Å². The highest BCUT2D eigenvalue weighted by molar-refractivity contribution is 6.07. The van der Waals surface area contributed by atoms with Gasteiger partial charge in [0.2, 0.25) is 12.3 Å². The molecular formula is C20H22F2N4O5. The number of rotatable bonds is 6. The first-order valence-corrected chi connectivity index (χ1v) is 9.35. The number of aromatic nitrogens is 1. The van der Waals surface area contributed by atoms with Crippen LogP contribution in [0.2, 0.25) is 0 Å². The second-order valence-electron chi connectivity index (χ2n) is 6.84. The minimum atomic E-state index is -2.88. The van der Waals surface area contributed by atoms with Gasteiger partial charge in [-0.2, -0.15) is 0 Å². The molecule has 9 nitrogen and oxygen atoms in total. The third-order valence-corrected chi connectivity index (χ3v) is 4.60. The van der Waals surface area contributed by atoms with Gasteiger partial charge in [-0.3, -0.25) is 24.2 Å². The number of nitrogens with one attached hydrogen (secondary N) is 1. The highest BCUT2D eigenvalue weighted by atomic mass is 19.3. The van der Waals surface area contributed by atoms with Crippen molar-refractivity contribution < 1.29 is 33.1 Å². The number of benzene rings is 1. The van der Waals surface area contributed by atoms with Crippen molar-refractivity contribution in [1.29, 1.82) is 0 Å². The van der Waals surface area contributed by atoms with Gasteiger partial charge < -0.3 is 21.1 Å². The lowest BCUT2D eigenvalue weighted by atomic mass is 10.0. The summed E-state index contributed by atoms with van der Waals surface area (Å²) in [5.41, 5.74) is 5.74. The number of carbonyl (C=O) groups excluding carboxylic acids is 3. The number of hydrogen-bond donors (Lipinski definition) is 3. The number of hydrogen-bond acceptors (Lipinski definition) is 5. The number of alkyl halides is 2. The topological polar surface area (TPSA) is 143 Å². The van der Waals surface area contributed by atoms with E-state index in [0.29, 0.717) is 17.3 Å². The van der Waals surface area contributed by atoms with Crippen LogP contribution in [0.4, 0.5) is 8.78 Å². The maximum absolute atomic E-state index is 13.2. The zero-order chi connectivity index (χ0) is 23.0. The monoisotopic (exact) mass is 436 g/mol. The number of halogens is 2. The van der Waals surface area contributed by atoms with E-state index < -0.39 is 30.3 Å². The first kappa shape index (κ1) is 23.6. The van der Waals surface area contributed by atoms with E-state index in [2.05, 4.69) is 16.0 Å². The minimum absolute atomic E-state index is 0.0349. The molecule has 0 aliphatic carbocycles. The van der Waals surface area contributed by atoms with E-state index in [1.54, 1.807) is 18.2 Å². The smallest absolute Gasteiger partial charge is 0.303 e. The van der Waals surface area contributed by atoms with E-state index in [-0.39, 0.29) is 37.9 Å². The summed E-state index contributed by atoms with van der Waals surface area (Å²) in [6.45, 7) is -1.04. The second kappa shape index (κ2) is 10.4. The number of aryl methyl sites for hydroxylation is 1. The molecule has 1 saturated heterocycles. The molecule has 0 spiro atoms. The zero-order valence-corrected chi connectivity index (χ0v) is 16.5. The third kappa shape index (κ3) is 6.69. The minimum Gasteiger partial charge on any atom is -0.481 e. The fraction of sp³-hybridized carbons (Fsp3) is 0.350. The summed E-state index contributed by atoms with van der Waals surface area (Å²) in [4.78, 5) is 49.1. The number of pyridine rings is 1. The number of likely N-dealkylation sites (tertiary alicyclic amines) is 1. The van der Waals surface area contributed by atoms with Gasteiger partial charge in [-0.1, -0.05) is 6.07 Å². The molecule has 0 saturated carbocycles. The van der Waals surface area contributed by atoms with Crippen LogP contribution in [0, 0.1) is 0 Å². The number of carboxylic acids is 1. The van der Waals surface area contributed by atoms with Crippen LogP contribution in [0.15, 0.2) is 30.5 Å². The summed E-state index contributed by atoms with van der Waals surface area (Å²) in [5, 5.41) is 11.8. The lowest BCUT2D eigenvalue weighted by molar-refractivity contribution is -0.137. The highest BCUT2D eigenvalue weighted by Gasteiger charge is 2.40. The van der Waals surface area contributed by atoms with Crippen molar-refractivity contribution in [2.45, 2.75) is 25.2 Å². The third-order valence-electron chi connectivity index (χ3n) is 4.60. The highest BCUT2D eigenvalue weighted by Crippen LogP contribution is 2.26. The summed E-state index contributed by atoms with van der Waals surface area (Å²) >= 11 is 0. The standard InChI is InChI=1S/C19H19F2N3O4.CH3NO/c20-19(21)6-8-24(11-19)16(25)10-23-18(28)13-5-7-22-15-3-1-12(9-14(13)15)2-4-17(26)27;2-1-3/h1,3,5,7,9H,2,4,6,8,10-11H2,(H,23,28)(H,26,27);1H,(H2,2,3). The van der Waals surface area contributed by atoms with Gasteiger partial charge in [-0.15, -0.1) is 0 Å². The molecule has 11 heteroatoms.